The van der Waals surface area contributed by atoms with Crippen molar-refractivity contribution < 1.29 is 0 Å². The normalized spacial score (nSPS) is 9.57. The van der Waals surface area contributed by atoms with E-state index in [0.29, 0.717) is 0 Å². The molecule has 0 unspecified atom stereocenters. The minimum atomic E-state index is 0.902. The Kier molecular flexibility index (Phi) is 10.4. The second kappa shape index (κ2) is 8.05. The Labute approximate surface area is 93.8 Å². The van der Waals surface area contributed by atoms with E-state index in [-0.39, 0.29) is 0 Å². The second-order valence-electron chi connectivity index (χ2n) is 2.06. The van der Waals surface area contributed by atoms with Crippen LogP contribution < -0.4 is 0 Å². The van der Waals surface area contributed by atoms with Gasteiger partial charge >= 0.3 is 96.4 Å². The Morgan fingerprint density at radius 2 is 1.86 bits per heavy atom. The van der Waals surface area contributed by atoms with Gasteiger partial charge in [-0.25, -0.2) is 0 Å². The molecule has 1 heteroatoms. The van der Waals surface area contributed by atoms with Crippen LogP contribution in [0.25, 0.3) is 0 Å². The fraction of sp³-hybridized carbons (Fsp3) is 1.00. The van der Waals surface area contributed by atoms with Gasteiger partial charge in [-0.2, -0.15) is 0 Å². The van der Waals surface area contributed by atoms with E-state index in [1.807, 2.05) is 0 Å². The van der Waals surface area contributed by atoms with Crippen LogP contribution in [-0.4, -0.2) is 65.9 Å². The quantitative estimate of drug-likeness (QED) is 0.634. The molecule has 0 nitrogen and oxygen atoms in total. The molecule has 0 aromatic carbocycles. The summed E-state index contributed by atoms with van der Waals surface area (Å²) in [7, 11) is 0. The molecule has 0 radical (unpaired) electrons. The Morgan fingerprint density at radius 3 is 2.29 bits per heavy atom. The Hall–Kier alpha value is 2.05. The van der Waals surface area contributed by atoms with Gasteiger partial charge in [0.1, 0.15) is 0 Å². The van der Waals surface area contributed by atoms with Crippen molar-refractivity contribution in [2.45, 2.75) is 30.5 Å². The third kappa shape index (κ3) is 8.05. The number of unbranched alkanes of at least 4 members (excludes halogenated alkanes) is 3. The van der Waals surface area contributed by atoms with Gasteiger partial charge in [-0.15, -0.1) is 0 Å². The Bertz CT molecular complexity index is 23.4. The van der Waals surface area contributed by atoms with E-state index in [2.05, 4.69) is 6.92 Å². The molecule has 0 saturated heterocycles. The van der Waals surface area contributed by atoms with Crippen molar-refractivity contribution in [2.75, 3.05) is 0 Å². The van der Waals surface area contributed by atoms with Gasteiger partial charge in [-0.1, -0.05) is 0 Å². The van der Waals surface area contributed by atoms with Gasteiger partial charge in [-0.05, 0) is 0 Å². The van der Waals surface area contributed by atoms with Crippen molar-refractivity contribution in [2.24, 2.45) is 0 Å². The summed E-state index contributed by atoms with van der Waals surface area (Å²) >= 11 is 0.902. The van der Waals surface area contributed by atoms with E-state index in [0.717, 1.165) is 65.9 Å². The molecule has 0 fully saturated rings. The summed E-state index contributed by atoms with van der Waals surface area (Å²) in [4.78, 5) is 0. The van der Waals surface area contributed by atoms with E-state index in [4.69, 9.17) is 0 Å². The first-order valence-electron chi connectivity index (χ1n) is 3.41. The first-order chi connectivity index (χ1) is 3.41. The maximum atomic E-state index is 2.26. The fourth-order valence-corrected chi connectivity index (χ4v) is 2.25. The topological polar surface area (TPSA) is 0 Å². The van der Waals surface area contributed by atoms with Crippen LogP contribution >= 0.6 is 0 Å². The van der Waals surface area contributed by atoms with Crippen LogP contribution in [0.5, 0.6) is 0 Å². The summed E-state index contributed by atoms with van der Waals surface area (Å²) in [6, 6.07) is 0. The Balaban J connectivity index is 2.45. The van der Waals surface area contributed by atoms with Gasteiger partial charge in [0.15, 0.2) is 0 Å². The molecule has 0 amide bonds. The third-order valence-corrected chi connectivity index (χ3v) is 3.43. The molecule has 0 aromatic heterocycles. The van der Waals surface area contributed by atoms with Crippen LogP contribution in [0.1, 0.15) is 32.6 Å². The number of rotatable bonds is 4. The van der Waals surface area contributed by atoms with Crippen LogP contribution in [0, 0.1) is 0 Å². The summed E-state index contributed by atoms with van der Waals surface area (Å²) in [5, 5.41) is 0. The van der Waals surface area contributed by atoms with Crippen LogP contribution in [0.4, 0.5) is 0 Å². The zero-order valence-electron chi connectivity index (χ0n) is 5.54. The molecule has 0 N–H and O–H groups in total. The molecule has 0 aliphatic carbocycles. The van der Waals surface area contributed by atoms with E-state index in [9.17, 15) is 0 Å². The van der Waals surface area contributed by atoms with Gasteiger partial charge in [0.25, 0.3) is 0 Å². The second-order valence-corrected chi connectivity index (χ2v) is 5.20. The maximum absolute atomic E-state index is 2.26. The summed E-state index contributed by atoms with van der Waals surface area (Å²) in [6.45, 7) is 2.26. The first-order valence-corrected chi connectivity index (χ1v) is 7.85. The van der Waals surface area contributed by atoms with E-state index >= 15 is 0 Å². The average Bonchev–Trinajstić information content (AvgIpc) is 1.69. The van der Waals surface area contributed by atoms with Gasteiger partial charge in [0.2, 0.25) is 0 Å². The van der Waals surface area contributed by atoms with Crippen molar-refractivity contribution in [1.29, 1.82) is 0 Å². The van der Waals surface area contributed by atoms with Crippen LogP contribution in [0.2, 0.25) is -2.15 Å². The molecular weight excluding hydrogens is 205 g/mol. The SMILES string of the molecule is CCCCC[CH2][Cs]. The predicted molar refractivity (Wildman–Crippen MR) is 34.7 cm³/mol. The zero-order chi connectivity index (χ0) is 5.54. The van der Waals surface area contributed by atoms with Crippen molar-refractivity contribution in [3.8, 4) is 0 Å². The monoisotopic (exact) mass is 218 g/mol. The molecule has 0 heterocycles. The molecule has 0 atom stereocenters. The molecule has 0 saturated carbocycles. The van der Waals surface area contributed by atoms with Gasteiger partial charge in [0.05, 0.1) is 0 Å². The summed E-state index contributed by atoms with van der Waals surface area (Å²) in [5.41, 5.74) is 0. The summed E-state index contributed by atoms with van der Waals surface area (Å²) in [6.07, 6.45) is 5.86. The molecule has 0 aromatic rings. The van der Waals surface area contributed by atoms with Crippen molar-refractivity contribution in [3.63, 3.8) is 0 Å². The molecule has 0 bridgehead atoms. The van der Waals surface area contributed by atoms with E-state index in [1.165, 1.54) is 25.7 Å². The van der Waals surface area contributed by atoms with Gasteiger partial charge in [0, 0.05) is 0 Å². The van der Waals surface area contributed by atoms with Crippen LogP contribution in [0.15, 0.2) is 0 Å². The minimum absolute atomic E-state index is 0.902. The molecule has 0 rings (SSSR count). The third-order valence-electron chi connectivity index (χ3n) is 1.21. The van der Waals surface area contributed by atoms with Crippen LogP contribution in [-0.2, 0) is 0 Å². The zero-order valence-corrected chi connectivity index (χ0v) is 11.8. The van der Waals surface area contributed by atoms with E-state index in [1.54, 1.807) is -2.15 Å². The van der Waals surface area contributed by atoms with Crippen molar-refractivity contribution in [1.82, 2.24) is 0 Å². The van der Waals surface area contributed by atoms with Crippen LogP contribution in [0.3, 0.4) is 0 Å². The summed E-state index contributed by atoms with van der Waals surface area (Å²) < 4.78 is 1.58. The van der Waals surface area contributed by atoms with Gasteiger partial charge in [-0.3, -0.25) is 0 Å². The molecule has 0 spiro atoms. The van der Waals surface area contributed by atoms with Crippen molar-refractivity contribution in [3.05, 3.63) is 0 Å². The predicted octanol–water partition coefficient (Wildman–Crippen LogP) is 2.15. The van der Waals surface area contributed by atoms with Gasteiger partial charge < -0.3 is 0 Å². The average molecular weight is 218 g/mol. The molecule has 38 valence electrons. The first kappa shape index (κ1) is 9.05. The summed E-state index contributed by atoms with van der Waals surface area (Å²) in [5.74, 6) is 0. The molecule has 0 aliphatic rings. The molecular formula is C6H13Cs. The van der Waals surface area contributed by atoms with Crippen molar-refractivity contribution >= 4 is 65.9 Å². The fourth-order valence-electron chi connectivity index (χ4n) is 0.677. The molecule has 7 heavy (non-hydrogen) atoms. The number of hydrogen-bond donors (Lipinski definition) is 0. The van der Waals surface area contributed by atoms with E-state index < -0.39 is 0 Å². The molecule has 0 aliphatic heterocycles. The Morgan fingerprint density at radius 1 is 1.14 bits per heavy atom. The standard InChI is InChI=1S/C6H13.Cs/c1-3-5-6-4-2;/h1,3-6H2,2H3;. The number of hydrogen-bond acceptors (Lipinski definition) is 0.